The van der Waals surface area contributed by atoms with E-state index in [-0.39, 0.29) is 12.0 Å². The van der Waals surface area contributed by atoms with Crippen molar-refractivity contribution in [2.24, 2.45) is 11.7 Å². The smallest absolute Gasteiger partial charge is 0.310 e. The van der Waals surface area contributed by atoms with Crippen molar-refractivity contribution in [2.75, 3.05) is 7.11 Å². The highest BCUT2D eigenvalue weighted by Crippen LogP contribution is 2.18. The molecule has 12 heavy (non-hydrogen) atoms. The third kappa shape index (κ3) is 1.84. The standard InChI is InChI=1S/C8H13NO3/c1-12-8(11)6-4-5(10)2-3-7(6)9/h2-3,5-7,10H,4,9H2,1H3/t5-,6-,7+/m0/s1. The van der Waals surface area contributed by atoms with Gasteiger partial charge in [0, 0.05) is 6.04 Å². The first-order chi connectivity index (χ1) is 5.65. The SMILES string of the molecule is COC(=O)[C@H]1C[C@@H](O)C=C[C@H]1N. The Morgan fingerprint density at radius 2 is 2.33 bits per heavy atom. The van der Waals surface area contributed by atoms with Crippen LogP contribution in [0.4, 0.5) is 0 Å². The molecule has 0 bridgehead atoms. The van der Waals surface area contributed by atoms with Gasteiger partial charge in [-0.25, -0.2) is 0 Å². The van der Waals surface area contributed by atoms with Crippen LogP contribution < -0.4 is 5.73 Å². The molecule has 0 radical (unpaired) electrons. The fraction of sp³-hybridized carbons (Fsp3) is 0.625. The number of carbonyl (C=O) groups is 1. The number of nitrogens with two attached hydrogens (primary N) is 1. The van der Waals surface area contributed by atoms with Crippen molar-refractivity contribution in [1.29, 1.82) is 0 Å². The van der Waals surface area contributed by atoms with Crippen molar-refractivity contribution < 1.29 is 14.6 Å². The number of methoxy groups -OCH3 is 1. The van der Waals surface area contributed by atoms with Crippen LogP contribution in [0, 0.1) is 5.92 Å². The third-order valence-electron chi connectivity index (χ3n) is 2.02. The number of aliphatic hydroxyl groups is 1. The van der Waals surface area contributed by atoms with E-state index in [1.54, 1.807) is 12.2 Å². The fourth-order valence-corrected chi connectivity index (χ4v) is 1.29. The summed E-state index contributed by atoms with van der Waals surface area (Å²) in [6.45, 7) is 0. The van der Waals surface area contributed by atoms with Crippen molar-refractivity contribution >= 4 is 5.97 Å². The average molecular weight is 171 g/mol. The van der Waals surface area contributed by atoms with Crippen LogP contribution in [-0.2, 0) is 9.53 Å². The van der Waals surface area contributed by atoms with Crippen LogP contribution in [0.5, 0.6) is 0 Å². The van der Waals surface area contributed by atoms with Gasteiger partial charge in [0.05, 0.1) is 19.1 Å². The van der Waals surface area contributed by atoms with Crippen molar-refractivity contribution in [3.05, 3.63) is 12.2 Å². The van der Waals surface area contributed by atoms with Crippen LogP contribution >= 0.6 is 0 Å². The van der Waals surface area contributed by atoms with Gasteiger partial charge in [-0.15, -0.1) is 0 Å². The molecule has 4 heteroatoms. The second kappa shape index (κ2) is 3.69. The zero-order valence-corrected chi connectivity index (χ0v) is 6.93. The summed E-state index contributed by atoms with van der Waals surface area (Å²) in [6.07, 6.45) is 3.01. The Morgan fingerprint density at radius 3 is 2.92 bits per heavy atom. The van der Waals surface area contributed by atoms with E-state index in [0.29, 0.717) is 6.42 Å². The third-order valence-corrected chi connectivity index (χ3v) is 2.02. The highest BCUT2D eigenvalue weighted by molar-refractivity contribution is 5.73. The van der Waals surface area contributed by atoms with Crippen molar-refractivity contribution in [1.82, 2.24) is 0 Å². The molecule has 0 heterocycles. The number of aliphatic hydroxyl groups excluding tert-OH is 1. The van der Waals surface area contributed by atoms with Gasteiger partial charge in [0.25, 0.3) is 0 Å². The Labute approximate surface area is 71.0 Å². The van der Waals surface area contributed by atoms with Gasteiger partial charge >= 0.3 is 5.97 Å². The summed E-state index contributed by atoms with van der Waals surface area (Å²) in [6, 6.07) is -0.333. The average Bonchev–Trinajstić information content (AvgIpc) is 2.08. The Kier molecular flexibility index (Phi) is 2.83. The molecule has 0 saturated carbocycles. The second-order valence-corrected chi connectivity index (χ2v) is 2.89. The molecular formula is C8H13NO3. The van der Waals surface area contributed by atoms with Gasteiger partial charge in [-0.3, -0.25) is 4.79 Å². The van der Waals surface area contributed by atoms with Gasteiger partial charge in [0.15, 0.2) is 0 Å². The lowest BCUT2D eigenvalue weighted by atomic mass is 9.89. The lowest BCUT2D eigenvalue weighted by Gasteiger charge is -2.24. The summed E-state index contributed by atoms with van der Waals surface area (Å²) in [7, 11) is 1.32. The molecule has 0 aromatic heterocycles. The van der Waals surface area contributed by atoms with E-state index < -0.39 is 12.0 Å². The van der Waals surface area contributed by atoms with Gasteiger partial charge in [-0.05, 0) is 6.42 Å². The molecule has 0 amide bonds. The van der Waals surface area contributed by atoms with Gasteiger partial charge in [0.1, 0.15) is 0 Å². The van der Waals surface area contributed by atoms with E-state index >= 15 is 0 Å². The zero-order valence-electron chi connectivity index (χ0n) is 6.93. The predicted octanol–water partition coefficient (Wildman–Crippen LogP) is -0.576. The van der Waals surface area contributed by atoms with E-state index in [1.165, 1.54) is 7.11 Å². The second-order valence-electron chi connectivity index (χ2n) is 2.89. The Bertz CT molecular complexity index is 202. The number of ether oxygens (including phenoxy) is 1. The molecule has 0 aromatic carbocycles. The topological polar surface area (TPSA) is 72.5 Å². The van der Waals surface area contributed by atoms with Crippen molar-refractivity contribution in [2.45, 2.75) is 18.6 Å². The summed E-state index contributed by atoms with van der Waals surface area (Å²) in [5.74, 6) is -0.763. The molecule has 3 N–H and O–H groups in total. The molecule has 0 fully saturated rings. The summed E-state index contributed by atoms with van der Waals surface area (Å²) >= 11 is 0. The number of hydrogen-bond acceptors (Lipinski definition) is 4. The lowest BCUT2D eigenvalue weighted by molar-refractivity contribution is -0.146. The quantitative estimate of drug-likeness (QED) is 0.409. The summed E-state index contributed by atoms with van der Waals surface area (Å²) in [5.41, 5.74) is 5.62. The van der Waals surface area contributed by atoms with Crippen LogP contribution in [0.1, 0.15) is 6.42 Å². The van der Waals surface area contributed by atoms with Gasteiger partial charge in [-0.1, -0.05) is 12.2 Å². The predicted molar refractivity (Wildman–Crippen MR) is 43.2 cm³/mol. The van der Waals surface area contributed by atoms with Crippen LogP contribution in [-0.4, -0.2) is 30.3 Å². The normalized spacial score (nSPS) is 34.8. The summed E-state index contributed by atoms with van der Waals surface area (Å²) in [4.78, 5) is 11.1. The first-order valence-corrected chi connectivity index (χ1v) is 3.85. The fourth-order valence-electron chi connectivity index (χ4n) is 1.29. The molecule has 1 aliphatic carbocycles. The molecule has 0 saturated heterocycles. The van der Waals surface area contributed by atoms with Crippen LogP contribution in [0.2, 0.25) is 0 Å². The molecular weight excluding hydrogens is 158 g/mol. The van der Waals surface area contributed by atoms with E-state index in [0.717, 1.165) is 0 Å². The monoisotopic (exact) mass is 171 g/mol. The van der Waals surface area contributed by atoms with Gasteiger partial charge < -0.3 is 15.6 Å². The maximum Gasteiger partial charge on any atom is 0.310 e. The van der Waals surface area contributed by atoms with Gasteiger partial charge in [-0.2, -0.15) is 0 Å². The highest BCUT2D eigenvalue weighted by Gasteiger charge is 2.29. The molecule has 68 valence electrons. The van der Waals surface area contributed by atoms with E-state index in [9.17, 15) is 9.90 Å². The molecule has 0 aromatic rings. The minimum Gasteiger partial charge on any atom is -0.469 e. The van der Waals surface area contributed by atoms with Crippen LogP contribution in [0.15, 0.2) is 12.2 Å². The molecule has 4 nitrogen and oxygen atoms in total. The Balaban J connectivity index is 2.65. The number of hydrogen-bond donors (Lipinski definition) is 2. The highest BCUT2D eigenvalue weighted by atomic mass is 16.5. The number of carbonyl (C=O) groups excluding carboxylic acids is 1. The molecule has 0 aliphatic heterocycles. The van der Waals surface area contributed by atoms with E-state index in [4.69, 9.17) is 5.73 Å². The summed E-state index contributed by atoms with van der Waals surface area (Å²) in [5, 5.41) is 9.19. The largest absolute Gasteiger partial charge is 0.469 e. The van der Waals surface area contributed by atoms with Crippen molar-refractivity contribution in [3.8, 4) is 0 Å². The van der Waals surface area contributed by atoms with E-state index in [2.05, 4.69) is 4.74 Å². The van der Waals surface area contributed by atoms with Crippen LogP contribution in [0.3, 0.4) is 0 Å². The molecule has 3 atom stereocenters. The summed E-state index contributed by atoms with van der Waals surface area (Å²) < 4.78 is 4.54. The molecule has 1 aliphatic rings. The maximum absolute atomic E-state index is 11.1. The maximum atomic E-state index is 11.1. The Morgan fingerprint density at radius 1 is 1.67 bits per heavy atom. The number of esters is 1. The van der Waals surface area contributed by atoms with E-state index in [1.807, 2.05) is 0 Å². The minimum absolute atomic E-state index is 0.333. The Hall–Kier alpha value is -0.870. The number of rotatable bonds is 1. The van der Waals surface area contributed by atoms with Crippen molar-refractivity contribution in [3.63, 3.8) is 0 Å². The first-order valence-electron chi connectivity index (χ1n) is 3.85. The van der Waals surface area contributed by atoms with Gasteiger partial charge in [0.2, 0.25) is 0 Å². The first kappa shape index (κ1) is 9.22. The molecule has 0 spiro atoms. The molecule has 1 rings (SSSR count). The minimum atomic E-state index is -0.575. The lowest BCUT2D eigenvalue weighted by Crippen LogP contribution is -2.39. The molecule has 0 unspecified atom stereocenters. The zero-order chi connectivity index (χ0) is 9.14. The van der Waals surface area contributed by atoms with Crippen LogP contribution in [0.25, 0.3) is 0 Å².